The molecule has 1 atom stereocenters. The van der Waals surface area contributed by atoms with Gasteiger partial charge in [-0.15, -0.1) is 11.3 Å². The van der Waals surface area contributed by atoms with Crippen molar-refractivity contribution in [2.75, 3.05) is 5.32 Å². The summed E-state index contributed by atoms with van der Waals surface area (Å²) in [5.74, 6) is 1.00. The van der Waals surface area contributed by atoms with E-state index in [0.29, 0.717) is 0 Å². The minimum atomic E-state index is -0.0316. The minimum absolute atomic E-state index is 0.0316. The number of hydrogen-bond acceptors (Lipinski definition) is 3. The van der Waals surface area contributed by atoms with Crippen LogP contribution in [0.4, 0.5) is 11.5 Å². The molecule has 4 heterocycles. The molecule has 0 bridgehead atoms. The van der Waals surface area contributed by atoms with Crippen LogP contribution in [0.3, 0.4) is 0 Å². The van der Waals surface area contributed by atoms with E-state index in [1.54, 1.807) is 0 Å². The van der Waals surface area contributed by atoms with Crippen LogP contribution in [0.25, 0.3) is 69.6 Å². The van der Waals surface area contributed by atoms with E-state index in [1.165, 1.54) is 80.7 Å². The number of allylic oxidation sites excluding steroid dienone is 2. The van der Waals surface area contributed by atoms with Gasteiger partial charge < -0.3 is 5.32 Å². The van der Waals surface area contributed by atoms with Crippen molar-refractivity contribution >= 4 is 75.9 Å². The van der Waals surface area contributed by atoms with E-state index in [1.807, 2.05) is 11.3 Å². The quantitative estimate of drug-likeness (QED) is 0.202. The monoisotopic (exact) mass is 593 g/mol. The van der Waals surface area contributed by atoms with Crippen LogP contribution < -0.4 is 5.32 Å². The first-order valence-electron chi connectivity index (χ1n) is 15.7. The first kappa shape index (κ1) is 24.2. The summed E-state index contributed by atoms with van der Waals surface area (Å²) < 4.78 is 5.07. The summed E-state index contributed by atoms with van der Waals surface area (Å²) in [5.41, 5.74) is 12.7. The lowest BCUT2D eigenvalue weighted by Crippen LogP contribution is -2.29. The summed E-state index contributed by atoms with van der Waals surface area (Å²) in [5, 5.41) is 10.4. The molecule has 212 valence electrons. The van der Waals surface area contributed by atoms with Gasteiger partial charge in [-0.2, -0.15) is 0 Å². The SMILES string of the molecule is CC1(C)c2ccccc2-c2ccc(-c3ccc4c(c3)c3c5c(cc6c7c(n4c63)N=C3C=CC=CC3N7)sc3ccccc35)cc21. The number of rotatable bonds is 1. The summed E-state index contributed by atoms with van der Waals surface area (Å²) in [6, 6.07) is 34.4. The highest BCUT2D eigenvalue weighted by Crippen LogP contribution is 2.53. The van der Waals surface area contributed by atoms with Gasteiger partial charge in [0.2, 0.25) is 0 Å². The molecular weight excluding hydrogens is 567 g/mol. The number of thiophene rings is 1. The lowest BCUT2D eigenvalue weighted by molar-refractivity contribution is 0.660. The van der Waals surface area contributed by atoms with Gasteiger partial charge in [-0.1, -0.05) is 92.7 Å². The van der Waals surface area contributed by atoms with Crippen LogP contribution in [0.5, 0.6) is 0 Å². The third-order valence-electron chi connectivity index (χ3n) is 10.5. The number of aliphatic imine (C=N–C) groups is 1. The lowest BCUT2D eigenvalue weighted by Gasteiger charge is -2.23. The van der Waals surface area contributed by atoms with Crippen molar-refractivity contribution in [2.45, 2.75) is 25.3 Å². The Labute approximate surface area is 263 Å². The van der Waals surface area contributed by atoms with E-state index in [4.69, 9.17) is 4.99 Å². The fraction of sp³-hybridized carbons (Fsp3) is 0.0976. The molecule has 0 spiro atoms. The smallest absolute Gasteiger partial charge is 0.162 e. The number of aromatic nitrogens is 1. The van der Waals surface area contributed by atoms with Gasteiger partial charge in [0, 0.05) is 41.7 Å². The van der Waals surface area contributed by atoms with Crippen LogP contribution >= 0.6 is 11.3 Å². The van der Waals surface area contributed by atoms with Crippen molar-refractivity contribution in [2.24, 2.45) is 4.99 Å². The highest BCUT2D eigenvalue weighted by molar-refractivity contribution is 7.26. The maximum Gasteiger partial charge on any atom is 0.162 e. The second-order valence-electron chi connectivity index (χ2n) is 13.2. The topological polar surface area (TPSA) is 28.8 Å². The number of nitrogens with one attached hydrogen (secondary N) is 1. The van der Waals surface area contributed by atoms with Crippen molar-refractivity contribution in [3.05, 3.63) is 126 Å². The third-order valence-corrected chi connectivity index (χ3v) is 11.6. The van der Waals surface area contributed by atoms with Crippen LogP contribution in [0.1, 0.15) is 25.0 Å². The molecule has 11 rings (SSSR count). The average Bonchev–Trinajstić information content (AvgIpc) is 3.77. The van der Waals surface area contributed by atoms with E-state index < -0.39 is 0 Å². The molecule has 2 aliphatic carbocycles. The molecule has 1 aliphatic heterocycles. The van der Waals surface area contributed by atoms with Crippen molar-refractivity contribution < 1.29 is 0 Å². The normalized spacial score (nSPS) is 17.6. The van der Waals surface area contributed by atoms with Gasteiger partial charge in [0.25, 0.3) is 0 Å². The van der Waals surface area contributed by atoms with E-state index >= 15 is 0 Å². The van der Waals surface area contributed by atoms with Gasteiger partial charge in [-0.05, 0) is 69.8 Å². The molecule has 0 amide bonds. The predicted molar refractivity (Wildman–Crippen MR) is 192 cm³/mol. The number of nitrogens with zero attached hydrogens (tertiary/aromatic N) is 2. The Kier molecular flexibility index (Phi) is 4.35. The molecule has 0 saturated heterocycles. The summed E-state index contributed by atoms with van der Waals surface area (Å²) in [7, 11) is 0. The molecule has 3 aliphatic rings. The average molecular weight is 594 g/mol. The summed E-state index contributed by atoms with van der Waals surface area (Å²) >= 11 is 1.89. The molecule has 5 aromatic carbocycles. The summed E-state index contributed by atoms with van der Waals surface area (Å²) in [6.45, 7) is 4.72. The maximum absolute atomic E-state index is 5.28. The fourth-order valence-corrected chi connectivity index (χ4v) is 9.57. The van der Waals surface area contributed by atoms with Crippen LogP contribution in [-0.2, 0) is 5.41 Å². The second-order valence-corrected chi connectivity index (χ2v) is 14.3. The van der Waals surface area contributed by atoms with Gasteiger partial charge in [-0.25, -0.2) is 4.99 Å². The molecule has 0 fully saturated rings. The largest absolute Gasteiger partial charge is 0.370 e. The molecule has 3 aromatic heterocycles. The van der Waals surface area contributed by atoms with Crippen LogP contribution in [0, 0.1) is 0 Å². The van der Waals surface area contributed by atoms with Gasteiger partial charge in [0.1, 0.15) is 0 Å². The van der Waals surface area contributed by atoms with Crippen LogP contribution in [0.2, 0.25) is 0 Å². The number of anilines is 1. The van der Waals surface area contributed by atoms with Gasteiger partial charge in [0.05, 0.1) is 28.5 Å². The third kappa shape index (κ3) is 2.94. The fourth-order valence-electron chi connectivity index (χ4n) is 8.42. The standard InChI is InChI=1S/C41H27N3S/c1-41(2)29-11-5-3-9-24(29)25-17-15-23(20-30(25)41)22-16-18-33-27(19-22)37-36-26-10-4-8-14-34(26)45-35(36)21-28-38-40(44(33)39(28)37)43-32-13-7-6-12-31(32)42-38/h3-21,31,42H,1-2H3. The van der Waals surface area contributed by atoms with Gasteiger partial charge in [0.15, 0.2) is 5.82 Å². The van der Waals surface area contributed by atoms with Crippen molar-refractivity contribution in [3.8, 4) is 22.3 Å². The Morgan fingerprint density at radius 2 is 1.56 bits per heavy atom. The zero-order valence-electron chi connectivity index (χ0n) is 24.8. The van der Waals surface area contributed by atoms with E-state index in [0.717, 1.165) is 17.2 Å². The Bertz CT molecular complexity index is 2710. The molecule has 1 N–H and O–H groups in total. The summed E-state index contributed by atoms with van der Waals surface area (Å²) in [4.78, 5) is 5.28. The van der Waals surface area contributed by atoms with Crippen molar-refractivity contribution in [3.63, 3.8) is 0 Å². The number of hydrogen-bond donors (Lipinski definition) is 1. The number of benzene rings is 5. The molecule has 0 radical (unpaired) electrons. The number of fused-ring (bicyclic) bond motifs is 14. The molecule has 45 heavy (non-hydrogen) atoms. The van der Waals surface area contributed by atoms with Crippen molar-refractivity contribution in [1.82, 2.24) is 4.40 Å². The van der Waals surface area contributed by atoms with Gasteiger partial charge in [-0.3, -0.25) is 4.40 Å². The highest BCUT2D eigenvalue weighted by atomic mass is 32.1. The highest BCUT2D eigenvalue weighted by Gasteiger charge is 2.35. The Balaban J connectivity index is 1.23. The van der Waals surface area contributed by atoms with E-state index in [2.05, 4.69) is 139 Å². The lowest BCUT2D eigenvalue weighted by atomic mass is 9.81. The zero-order chi connectivity index (χ0) is 29.6. The Morgan fingerprint density at radius 1 is 0.733 bits per heavy atom. The van der Waals surface area contributed by atoms with E-state index in [-0.39, 0.29) is 11.5 Å². The maximum atomic E-state index is 5.28. The molecule has 3 nitrogen and oxygen atoms in total. The van der Waals surface area contributed by atoms with Crippen molar-refractivity contribution in [1.29, 1.82) is 0 Å². The molecule has 0 saturated carbocycles. The minimum Gasteiger partial charge on any atom is -0.370 e. The van der Waals surface area contributed by atoms with Crippen LogP contribution in [-0.4, -0.2) is 16.2 Å². The Hall–Kier alpha value is -5.19. The molecule has 1 unspecified atom stereocenters. The molecule has 4 heteroatoms. The Morgan fingerprint density at radius 3 is 2.51 bits per heavy atom. The van der Waals surface area contributed by atoms with E-state index in [9.17, 15) is 0 Å². The predicted octanol–water partition coefficient (Wildman–Crippen LogP) is 11.0. The van der Waals surface area contributed by atoms with Gasteiger partial charge >= 0.3 is 0 Å². The van der Waals surface area contributed by atoms with Crippen LogP contribution in [0.15, 0.2) is 120 Å². The first-order valence-corrected chi connectivity index (χ1v) is 16.5. The molecular formula is C41H27N3S. The second kappa shape index (κ2) is 8.09. The zero-order valence-corrected chi connectivity index (χ0v) is 25.7. The molecule has 8 aromatic rings. The first-order chi connectivity index (χ1) is 22.1. The summed E-state index contributed by atoms with van der Waals surface area (Å²) in [6.07, 6.45) is 8.52.